The zero-order chi connectivity index (χ0) is 17.9. The molecule has 0 saturated carbocycles. The van der Waals surface area contributed by atoms with Crippen LogP contribution in [0.25, 0.3) is 0 Å². The third kappa shape index (κ3) is 4.94. The van der Waals surface area contributed by atoms with Crippen molar-refractivity contribution in [3.8, 4) is 0 Å². The first-order valence-corrected chi connectivity index (χ1v) is 7.95. The standard InChI is InChI=1S/C17H17Cl2N3O2/c1-17(2,3)22-16(24)11-6-10(8-20-9-11)15(23)21-14-5-4-12(18)7-13(14)19/h4-9H,1-3H3,(H,21,23)(H,22,24). The molecule has 0 spiro atoms. The Hall–Kier alpha value is -2.11. The Kier molecular flexibility index (Phi) is 5.47. The minimum Gasteiger partial charge on any atom is -0.347 e. The minimum atomic E-state index is -0.419. The first-order valence-electron chi connectivity index (χ1n) is 7.20. The Morgan fingerprint density at radius 1 is 1.00 bits per heavy atom. The highest BCUT2D eigenvalue weighted by atomic mass is 35.5. The van der Waals surface area contributed by atoms with Crippen LogP contribution < -0.4 is 10.6 Å². The summed E-state index contributed by atoms with van der Waals surface area (Å²) in [6.07, 6.45) is 2.79. The molecule has 1 heterocycles. The summed E-state index contributed by atoms with van der Waals surface area (Å²) < 4.78 is 0. The first kappa shape index (κ1) is 18.2. The van der Waals surface area contributed by atoms with Gasteiger partial charge in [-0.25, -0.2) is 0 Å². The summed E-state index contributed by atoms with van der Waals surface area (Å²) in [5.74, 6) is -0.716. The van der Waals surface area contributed by atoms with Gasteiger partial charge in [-0.2, -0.15) is 0 Å². The van der Waals surface area contributed by atoms with E-state index >= 15 is 0 Å². The van der Waals surface area contributed by atoms with E-state index in [-0.39, 0.29) is 17.0 Å². The fourth-order valence-electron chi connectivity index (χ4n) is 1.89. The summed E-state index contributed by atoms with van der Waals surface area (Å²) in [7, 11) is 0. The van der Waals surface area contributed by atoms with Crippen molar-refractivity contribution in [3.05, 3.63) is 57.8 Å². The molecule has 0 saturated heterocycles. The first-order chi connectivity index (χ1) is 11.2. The molecule has 0 bridgehead atoms. The highest BCUT2D eigenvalue weighted by Gasteiger charge is 2.17. The highest BCUT2D eigenvalue weighted by Crippen LogP contribution is 2.25. The third-order valence-electron chi connectivity index (χ3n) is 2.93. The number of carbonyl (C=O) groups is 2. The number of hydrogen-bond donors (Lipinski definition) is 2. The molecule has 0 aliphatic heterocycles. The molecule has 2 amide bonds. The summed E-state index contributed by atoms with van der Waals surface area (Å²) in [5.41, 5.74) is 0.601. The van der Waals surface area contributed by atoms with Gasteiger partial charge in [-0.3, -0.25) is 14.6 Å². The predicted molar refractivity (Wildman–Crippen MR) is 95.9 cm³/mol. The SMILES string of the molecule is CC(C)(C)NC(=O)c1cncc(C(=O)Nc2ccc(Cl)cc2Cl)c1. The predicted octanol–water partition coefficient (Wildman–Crippen LogP) is 4.17. The number of hydrogen-bond acceptors (Lipinski definition) is 3. The van der Waals surface area contributed by atoms with Crippen molar-refractivity contribution in [2.24, 2.45) is 0 Å². The molecule has 2 aromatic rings. The Morgan fingerprint density at radius 3 is 2.21 bits per heavy atom. The van der Waals surface area contributed by atoms with Crippen LogP contribution in [-0.2, 0) is 0 Å². The number of aromatic nitrogens is 1. The molecule has 0 aliphatic carbocycles. The van der Waals surface area contributed by atoms with Crippen molar-refractivity contribution in [2.75, 3.05) is 5.32 Å². The second-order valence-corrected chi connectivity index (χ2v) is 7.09. The van der Waals surface area contributed by atoms with Gasteiger partial charge in [-0.05, 0) is 45.0 Å². The summed E-state index contributed by atoms with van der Waals surface area (Å²) in [5, 5.41) is 6.28. The van der Waals surface area contributed by atoms with Crippen LogP contribution in [-0.4, -0.2) is 22.3 Å². The lowest BCUT2D eigenvalue weighted by atomic mass is 10.1. The maximum absolute atomic E-state index is 12.3. The number of rotatable bonds is 3. The van der Waals surface area contributed by atoms with Crippen molar-refractivity contribution < 1.29 is 9.59 Å². The molecule has 24 heavy (non-hydrogen) atoms. The van der Waals surface area contributed by atoms with E-state index in [1.54, 1.807) is 12.1 Å². The number of pyridine rings is 1. The second-order valence-electron chi connectivity index (χ2n) is 6.24. The van der Waals surface area contributed by atoms with Gasteiger partial charge in [0.05, 0.1) is 21.8 Å². The van der Waals surface area contributed by atoms with Gasteiger partial charge in [-0.15, -0.1) is 0 Å². The van der Waals surface area contributed by atoms with Crippen LogP contribution in [0.2, 0.25) is 10.0 Å². The van der Waals surface area contributed by atoms with E-state index in [1.807, 2.05) is 20.8 Å². The molecular weight excluding hydrogens is 349 g/mol. The van der Waals surface area contributed by atoms with Crippen LogP contribution in [0.15, 0.2) is 36.7 Å². The van der Waals surface area contributed by atoms with Gasteiger partial charge in [0.2, 0.25) is 0 Å². The molecule has 5 nitrogen and oxygen atoms in total. The van der Waals surface area contributed by atoms with Gasteiger partial charge < -0.3 is 10.6 Å². The summed E-state index contributed by atoms with van der Waals surface area (Å²) in [6, 6.07) is 6.23. The topological polar surface area (TPSA) is 71.1 Å². The summed E-state index contributed by atoms with van der Waals surface area (Å²) in [4.78, 5) is 28.5. The van der Waals surface area contributed by atoms with Crippen molar-refractivity contribution >= 4 is 40.7 Å². The monoisotopic (exact) mass is 365 g/mol. The normalized spacial score (nSPS) is 11.0. The minimum absolute atomic E-state index is 0.252. The lowest BCUT2D eigenvalue weighted by molar-refractivity contribution is 0.0919. The lowest BCUT2D eigenvalue weighted by Gasteiger charge is -2.20. The fraction of sp³-hybridized carbons (Fsp3) is 0.235. The summed E-state index contributed by atoms with van der Waals surface area (Å²) >= 11 is 11.9. The van der Waals surface area contributed by atoms with Crippen molar-refractivity contribution in [1.29, 1.82) is 0 Å². The van der Waals surface area contributed by atoms with Gasteiger partial charge in [-0.1, -0.05) is 23.2 Å². The Morgan fingerprint density at radius 2 is 1.62 bits per heavy atom. The lowest BCUT2D eigenvalue weighted by Crippen LogP contribution is -2.40. The van der Waals surface area contributed by atoms with E-state index < -0.39 is 5.91 Å². The molecule has 0 atom stereocenters. The summed E-state index contributed by atoms with van der Waals surface area (Å²) in [6.45, 7) is 5.62. The van der Waals surface area contributed by atoms with E-state index in [4.69, 9.17) is 23.2 Å². The second kappa shape index (κ2) is 7.20. The van der Waals surface area contributed by atoms with Crippen molar-refractivity contribution in [1.82, 2.24) is 10.3 Å². The zero-order valence-corrected chi connectivity index (χ0v) is 15.0. The Balaban J connectivity index is 2.18. The molecule has 2 N–H and O–H groups in total. The van der Waals surface area contributed by atoms with Gasteiger partial charge >= 0.3 is 0 Å². The van der Waals surface area contributed by atoms with Crippen LogP contribution in [0, 0.1) is 0 Å². The number of halogens is 2. The van der Waals surface area contributed by atoms with Gasteiger partial charge in [0, 0.05) is 23.0 Å². The molecule has 0 radical (unpaired) electrons. The van der Waals surface area contributed by atoms with Gasteiger partial charge in [0.15, 0.2) is 0 Å². The van der Waals surface area contributed by atoms with E-state index in [0.717, 1.165) is 0 Å². The molecule has 0 unspecified atom stereocenters. The average Bonchev–Trinajstić information content (AvgIpc) is 2.48. The largest absolute Gasteiger partial charge is 0.347 e. The van der Waals surface area contributed by atoms with Crippen molar-refractivity contribution in [3.63, 3.8) is 0 Å². The number of amides is 2. The number of anilines is 1. The van der Waals surface area contributed by atoms with E-state index in [0.29, 0.717) is 21.3 Å². The quantitative estimate of drug-likeness (QED) is 0.857. The molecule has 1 aromatic carbocycles. The average molecular weight is 366 g/mol. The van der Waals surface area contributed by atoms with Crippen LogP contribution in [0.1, 0.15) is 41.5 Å². The molecule has 126 valence electrons. The van der Waals surface area contributed by atoms with E-state index in [1.165, 1.54) is 24.5 Å². The maximum Gasteiger partial charge on any atom is 0.257 e. The smallest absolute Gasteiger partial charge is 0.257 e. The number of nitrogens with one attached hydrogen (secondary N) is 2. The Labute approximate surface area is 150 Å². The van der Waals surface area contributed by atoms with Crippen LogP contribution in [0.4, 0.5) is 5.69 Å². The molecule has 7 heteroatoms. The maximum atomic E-state index is 12.3. The molecule has 0 fully saturated rings. The molecule has 0 aliphatic rings. The van der Waals surface area contributed by atoms with Crippen LogP contribution in [0.3, 0.4) is 0 Å². The molecule has 1 aromatic heterocycles. The number of benzene rings is 1. The van der Waals surface area contributed by atoms with E-state index in [2.05, 4.69) is 15.6 Å². The number of nitrogens with zero attached hydrogens (tertiary/aromatic N) is 1. The van der Waals surface area contributed by atoms with Crippen LogP contribution in [0.5, 0.6) is 0 Å². The highest BCUT2D eigenvalue weighted by molar-refractivity contribution is 6.36. The zero-order valence-electron chi connectivity index (χ0n) is 13.5. The van der Waals surface area contributed by atoms with Gasteiger partial charge in [0.1, 0.15) is 0 Å². The molecule has 2 rings (SSSR count). The van der Waals surface area contributed by atoms with Crippen molar-refractivity contribution in [2.45, 2.75) is 26.3 Å². The molecular formula is C17H17Cl2N3O2. The number of carbonyl (C=O) groups excluding carboxylic acids is 2. The van der Waals surface area contributed by atoms with E-state index in [9.17, 15) is 9.59 Å². The van der Waals surface area contributed by atoms with Crippen LogP contribution >= 0.6 is 23.2 Å². The fourth-order valence-corrected chi connectivity index (χ4v) is 2.34. The Bertz CT molecular complexity index is 786. The van der Waals surface area contributed by atoms with Gasteiger partial charge in [0.25, 0.3) is 11.8 Å². The third-order valence-corrected chi connectivity index (χ3v) is 3.48.